The fourth-order valence-electron chi connectivity index (χ4n) is 3.21. The van der Waals surface area contributed by atoms with Crippen molar-refractivity contribution in [2.75, 3.05) is 37.8 Å². The van der Waals surface area contributed by atoms with Crippen molar-refractivity contribution in [3.8, 4) is 5.75 Å². The van der Waals surface area contributed by atoms with Crippen LogP contribution in [0.5, 0.6) is 5.75 Å². The van der Waals surface area contributed by atoms with E-state index in [1.54, 1.807) is 7.11 Å². The Morgan fingerprint density at radius 3 is 2.58 bits per heavy atom. The molecule has 0 saturated carbocycles. The van der Waals surface area contributed by atoms with Crippen LogP contribution in [0.2, 0.25) is 0 Å². The van der Waals surface area contributed by atoms with Crippen molar-refractivity contribution in [3.63, 3.8) is 0 Å². The van der Waals surface area contributed by atoms with Crippen molar-refractivity contribution in [1.29, 1.82) is 0 Å². The summed E-state index contributed by atoms with van der Waals surface area (Å²) >= 11 is 1.82. The molecule has 0 spiro atoms. The maximum atomic E-state index is 5.19. The lowest BCUT2D eigenvalue weighted by atomic mass is 10.1. The molecule has 1 aliphatic heterocycles. The molecule has 0 atom stereocenters. The molecule has 0 radical (unpaired) electrons. The zero-order valence-corrected chi connectivity index (χ0v) is 16.6. The third kappa shape index (κ3) is 5.14. The quantitative estimate of drug-likeness (QED) is 0.677. The predicted molar refractivity (Wildman–Crippen MR) is 107 cm³/mol. The van der Waals surface area contributed by atoms with E-state index in [-0.39, 0.29) is 0 Å². The summed E-state index contributed by atoms with van der Waals surface area (Å²) in [5.41, 5.74) is 1.05. The molecule has 0 bridgehead atoms. The molecule has 7 heteroatoms. The third-order valence-corrected chi connectivity index (χ3v) is 5.68. The van der Waals surface area contributed by atoms with Gasteiger partial charge < -0.3 is 19.5 Å². The van der Waals surface area contributed by atoms with Gasteiger partial charge in [-0.3, -0.25) is 0 Å². The molecule has 2 heterocycles. The van der Waals surface area contributed by atoms with Crippen molar-refractivity contribution < 1.29 is 4.74 Å². The van der Waals surface area contributed by atoms with Crippen molar-refractivity contribution in [3.05, 3.63) is 30.1 Å². The second kappa shape index (κ2) is 9.83. The average Bonchev–Trinajstić information content (AvgIpc) is 3.09. The van der Waals surface area contributed by atoms with Crippen molar-refractivity contribution >= 4 is 17.4 Å². The molecule has 1 N–H and O–H groups in total. The summed E-state index contributed by atoms with van der Waals surface area (Å²) in [4.78, 5) is 2.56. The first-order valence-electron chi connectivity index (χ1n) is 9.45. The van der Waals surface area contributed by atoms with Crippen LogP contribution in [0.15, 0.2) is 29.4 Å². The summed E-state index contributed by atoms with van der Waals surface area (Å²) in [6.45, 7) is 7.34. The van der Waals surface area contributed by atoms with Gasteiger partial charge in [-0.05, 0) is 57.1 Å². The number of hydrogen-bond donors (Lipinski definition) is 1. The number of methoxy groups -OCH3 is 1. The van der Waals surface area contributed by atoms with Crippen LogP contribution in [0.25, 0.3) is 0 Å². The first kappa shape index (κ1) is 19.0. The van der Waals surface area contributed by atoms with Crippen LogP contribution in [0.3, 0.4) is 0 Å². The minimum absolute atomic E-state index is 0.667. The maximum Gasteiger partial charge on any atom is 0.191 e. The number of aromatic nitrogens is 3. The molecule has 0 aliphatic carbocycles. The molecule has 3 rings (SSSR count). The van der Waals surface area contributed by atoms with Gasteiger partial charge in [0, 0.05) is 24.5 Å². The molecular formula is C19H29N5OS. The second-order valence-electron chi connectivity index (χ2n) is 6.48. The van der Waals surface area contributed by atoms with Crippen molar-refractivity contribution in [2.45, 2.75) is 44.4 Å². The number of hydrogen-bond acceptors (Lipinski definition) is 6. The summed E-state index contributed by atoms with van der Waals surface area (Å²) in [7, 11) is 1.68. The minimum atomic E-state index is 0.667. The molecule has 26 heavy (non-hydrogen) atoms. The largest absolute Gasteiger partial charge is 0.497 e. The molecule has 1 aromatic carbocycles. The first-order valence-corrected chi connectivity index (χ1v) is 10.4. The molecule has 1 aromatic heterocycles. The molecule has 2 aromatic rings. The van der Waals surface area contributed by atoms with Crippen molar-refractivity contribution in [1.82, 2.24) is 19.7 Å². The number of benzene rings is 1. The average molecular weight is 376 g/mol. The van der Waals surface area contributed by atoms with Gasteiger partial charge in [-0.25, -0.2) is 0 Å². The van der Waals surface area contributed by atoms with E-state index < -0.39 is 0 Å². The van der Waals surface area contributed by atoms with Crippen LogP contribution in [0, 0.1) is 0 Å². The van der Waals surface area contributed by atoms with Crippen molar-refractivity contribution in [2.24, 2.45) is 0 Å². The highest BCUT2D eigenvalue weighted by Gasteiger charge is 2.13. The lowest BCUT2D eigenvalue weighted by Crippen LogP contribution is -2.31. The lowest BCUT2D eigenvalue weighted by molar-refractivity contribution is 0.242. The summed E-state index contributed by atoms with van der Waals surface area (Å²) < 4.78 is 7.40. The zero-order chi connectivity index (χ0) is 18.2. The Kier molecular flexibility index (Phi) is 7.20. The Morgan fingerprint density at radius 2 is 1.88 bits per heavy atom. The topological polar surface area (TPSA) is 55.2 Å². The van der Waals surface area contributed by atoms with Gasteiger partial charge in [-0.15, -0.1) is 10.2 Å². The number of nitrogens with one attached hydrogen (secondary N) is 1. The number of piperidine rings is 1. The number of nitrogens with zero attached hydrogens (tertiary/aromatic N) is 4. The van der Waals surface area contributed by atoms with Crippen LogP contribution in [0.1, 0.15) is 32.0 Å². The van der Waals surface area contributed by atoms with E-state index in [4.69, 9.17) is 4.74 Å². The smallest absolute Gasteiger partial charge is 0.191 e. The van der Waals surface area contributed by atoms with E-state index in [0.29, 0.717) is 6.54 Å². The predicted octanol–water partition coefficient (Wildman–Crippen LogP) is 3.50. The van der Waals surface area contributed by atoms with Gasteiger partial charge in [-0.2, -0.15) is 0 Å². The van der Waals surface area contributed by atoms with Gasteiger partial charge in [0.25, 0.3) is 0 Å². The van der Waals surface area contributed by atoms with E-state index in [2.05, 4.69) is 31.9 Å². The third-order valence-electron chi connectivity index (χ3n) is 4.74. The van der Waals surface area contributed by atoms with Crippen LogP contribution in [-0.4, -0.2) is 52.2 Å². The first-order chi connectivity index (χ1) is 12.8. The van der Waals surface area contributed by atoms with E-state index in [0.717, 1.165) is 41.3 Å². The Balaban J connectivity index is 1.51. The standard InChI is InChI=1S/C19H29N5OS/c1-3-24-18(15-20-16-7-9-17(25-2)10-8-16)21-22-19(24)26-14-13-23-11-5-4-6-12-23/h7-10,20H,3-6,11-15H2,1-2H3. The fraction of sp³-hybridized carbons (Fsp3) is 0.579. The Morgan fingerprint density at radius 1 is 1.12 bits per heavy atom. The molecule has 1 fully saturated rings. The second-order valence-corrected chi connectivity index (χ2v) is 7.54. The number of ether oxygens (including phenoxy) is 1. The molecule has 0 unspecified atom stereocenters. The molecular weight excluding hydrogens is 346 g/mol. The van der Waals surface area contributed by atoms with E-state index in [1.807, 2.05) is 36.0 Å². The Labute approximate surface area is 160 Å². The van der Waals surface area contributed by atoms with E-state index in [9.17, 15) is 0 Å². The van der Waals surface area contributed by atoms with Crippen LogP contribution in [0.4, 0.5) is 5.69 Å². The molecule has 6 nitrogen and oxygen atoms in total. The molecule has 0 amide bonds. The van der Waals surface area contributed by atoms with Crippen LogP contribution < -0.4 is 10.1 Å². The monoisotopic (exact) mass is 375 g/mol. The number of anilines is 1. The maximum absolute atomic E-state index is 5.19. The van der Waals surface area contributed by atoms with Gasteiger partial charge in [-0.1, -0.05) is 18.2 Å². The van der Waals surface area contributed by atoms with Gasteiger partial charge in [0.1, 0.15) is 5.75 Å². The summed E-state index contributed by atoms with van der Waals surface area (Å²) in [6.07, 6.45) is 4.08. The normalized spacial score (nSPS) is 15.2. The van der Waals surface area contributed by atoms with Crippen LogP contribution in [-0.2, 0) is 13.1 Å². The van der Waals surface area contributed by atoms with Gasteiger partial charge in [0.15, 0.2) is 11.0 Å². The molecule has 142 valence electrons. The number of thioether (sulfide) groups is 1. The summed E-state index contributed by atoms with van der Waals surface area (Å²) in [6, 6.07) is 7.93. The van der Waals surface area contributed by atoms with E-state index >= 15 is 0 Å². The molecule has 1 aliphatic rings. The molecule has 1 saturated heterocycles. The van der Waals surface area contributed by atoms with Gasteiger partial charge >= 0.3 is 0 Å². The Bertz CT molecular complexity index is 667. The number of rotatable bonds is 9. The number of likely N-dealkylation sites (tertiary alicyclic amines) is 1. The Hall–Kier alpha value is -1.73. The fourth-order valence-corrected chi connectivity index (χ4v) is 4.23. The van der Waals surface area contributed by atoms with Crippen LogP contribution >= 0.6 is 11.8 Å². The zero-order valence-electron chi connectivity index (χ0n) is 15.8. The van der Waals surface area contributed by atoms with E-state index in [1.165, 1.54) is 32.4 Å². The lowest BCUT2D eigenvalue weighted by Gasteiger charge is -2.25. The highest BCUT2D eigenvalue weighted by Crippen LogP contribution is 2.20. The SMILES string of the molecule is CCn1c(CNc2ccc(OC)cc2)nnc1SCCN1CCCCC1. The highest BCUT2D eigenvalue weighted by atomic mass is 32.2. The van der Waals surface area contributed by atoms with Gasteiger partial charge in [0.05, 0.1) is 13.7 Å². The highest BCUT2D eigenvalue weighted by molar-refractivity contribution is 7.99. The summed E-state index contributed by atoms with van der Waals surface area (Å²) in [5.74, 6) is 2.91. The van der Waals surface area contributed by atoms with Gasteiger partial charge in [0.2, 0.25) is 0 Å². The summed E-state index contributed by atoms with van der Waals surface area (Å²) in [5, 5.41) is 13.2. The minimum Gasteiger partial charge on any atom is -0.497 e.